The fourth-order valence-corrected chi connectivity index (χ4v) is 1.03. The fourth-order valence-electron chi connectivity index (χ4n) is 1.03. The van der Waals surface area contributed by atoms with Crippen LogP contribution in [0.1, 0.15) is 13.3 Å². The van der Waals surface area contributed by atoms with Crippen LogP contribution in [0, 0.1) is 11.6 Å². The fraction of sp³-hybridized carbons (Fsp3) is 0.400. The van der Waals surface area contributed by atoms with Crippen molar-refractivity contribution in [3.8, 4) is 0 Å². The van der Waals surface area contributed by atoms with Crippen LogP contribution in [0.3, 0.4) is 0 Å². The third kappa shape index (κ3) is 2.67. The molecule has 2 nitrogen and oxygen atoms in total. The van der Waals surface area contributed by atoms with Crippen molar-refractivity contribution in [3.63, 3.8) is 0 Å². The molecular formula is C10H13F2NO. The summed E-state index contributed by atoms with van der Waals surface area (Å²) in [5.41, 5.74) is -0.181. The van der Waals surface area contributed by atoms with E-state index in [1.807, 2.05) is 0 Å². The number of hydrogen-bond donors (Lipinski definition) is 2. The van der Waals surface area contributed by atoms with Gasteiger partial charge in [0.1, 0.15) is 17.3 Å². The summed E-state index contributed by atoms with van der Waals surface area (Å²) in [6.45, 7) is 1.94. The van der Waals surface area contributed by atoms with E-state index < -0.39 is 17.7 Å². The zero-order valence-corrected chi connectivity index (χ0v) is 7.93. The second-order valence-corrected chi connectivity index (χ2v) is 3.04. The number of rotatable bonds is 4. The lowest BCUT2D eigenvalue weighted by Gasteiger charge is -2.11. The van der Waals surface area contributed by atoms with Crippen LogP contribution in [0.4, 0.5) is 14.5 Å². The molecule has 1 rings (SSSR count). The monoisotopic (exact) mass is 201 g/mol. The van der Waals surface area contributed by atoms with Crippen LogP contribution in [-0.4, -0.2) is 17.8 Å². The number of nitrogens with one attached hydrogen (secondary N) is 1. The Bertz CT molecular complexity index is 284. The number of halogens is 2. The smallest absolute Gasteiger partial charge is 0.149 e. The number of hydrogen-bond acceptors (Lipinski definition) is 2. The molecule has 14 heavy (non-hydrogen) atoms. The van der Waals surface area contributed by atoms with E-state index >= 15 is 0 Å². The van der Waals surface area contributed by atoms with Crippen molar-refractivity contribution in [1.29, 1.82) is 0 Å². The van der Waals surface area contributed by atoms with Gasteiger partial charge in [-0.1, -0.05) is 13.0 Å². The summed E-state index contributed by atoms with van der Waals surface area (Å²) in [7, 11) is 0. The molecule has 0 radical (unpaired) electrons. The van der Waals surface area contributed by atoms with Crippen LogP contribution in [0.2, 0.25) is 0 Å². The molecule has 0 aromatic heterocycles. The summed E-state index contributed by atoms with van der Waals surface area (Å²) in [5.74, 6) is -1.29. The van der Waals surface area contributed by atoms with Gasteiger partial charge in [0.15, 0.2) is 0 Å². The van der Waals surface area contributed by atoms with Crippen LogP contribution in [0.25, 0.3) is 0 Å². The minimum absolute atomic E-state index is 0.147. The van der Waals surface area contributed by atoms with E-state index in [9.17, 15) is 13.9 Å². The number of para-hydroxylation sites is 1. The van der Waals surface area contributed by atoms with Crippen molar-refractivity contribution in [1.82, 2.24) is 0 Å². The standard InChI is InChI=1S/C10H13F2NO/c1-2-7(14)6-13-10-8(11)4-3-5-9(10)12/h3-5,7,13-14H,2,6H2,1H3. The van der Waals surface area contributed by atoms with E-state index in [4.69, 9.17) is 0 Å². The van der Waals surface area contributed by atoms with Gasteiger partial charge < -0.3 is 10.4 Å². The average Bonchev–Trinajstić information content (AvgIpc) is 2.16. The average molecular weight is 201 g/mol. The molecular weight excluding hydrogens is 188 g/mol. The number of benzene rings is 1. The van der Waals surface area contributed by atoms with Crippen molar-refractivity contribution in [3.05, 3.63) is 29.8 Å². The Hall–Kier alpha value is -1.16. The van der Waals surface area contributed by atoms with Gasteiger partial charge in [-0.3, -0.25) is 0 Å². The maximum absolute atomic E-state index is 13.0. The van der Waals surface area contributed by atoms with Crippen molar-refractivity contribution in [2.75, 3.05) is 11.9 Å². The minimum Gasteiger partial charge on any atom is -0.391 e. The second-order valence-electron chi connectivity index (χ2n) is 3.04. The van der Waals surface area contributed by atoms with Gasteiger partial charge in [0.05, 0.1) is 6.10 Å². The third-order valence-corrected chi connectivity index (χ3v) is 1.95. The van der Waals surface area contributed by atoms with Crippen LogP contribution in [0.5, 0.6) is 0 Å². The Balaban J connectivity index is 2.66. The lowest BCUT2D eigenvalue weighted by Crippen LogP contribution is -2.19. The van der Waals surface area contributed by atoms with Crippen molar-refractivity contribution < 1.29 is 13.9 Å². The summed E-state index contributed by atoms with van der Waals surface area (Å²) >= 11 is 0. The lowest BCUT2D eigenvalue weighted by atomic mass is 10.2. The van der Waals surface area contributed by atoms with Crippen LogP contribution in [0.15, 0.2) is 18.2 Å². The first-order chi connectivity index (χ1) is 6.65. The van der Waals surface area contributed by atoms with Gasteiger partial charge in [-0.05, 0) is 18.6 Å². The molecule has 0 aliphatic heterocycles. The number of anilines is 1. The molecule has 1 atom stereocenters. The highest BCUT2D eigenvalue weighted by molar-refractivity contribution is 5.46. The van der Waals surface area contributed by atoms with E-state index in [2.05, 4.69) is 5.32 Å². The van der Waals surface area contributed by atoms with Crippen molar-refractivity contribution in [2.24, 2.45) is 0 Å². The van der Waals surface area contributed by atoms with Gasteiger partial charge in [-0.2, -0.15) is 0 Å². The molecule has 78 valence electrons. The minimum atomic E-state index is -0.645. The van der Waals surface area contributed by atoms with Crippen LogP contribution < -0.4 is 5.32 Å². The molecule has 0 amide bonds. The molecule has 0 heterocycles. The molecule has 0 bridgehead atoms. The van der Waals surface area contributed by atoms with Gasteiger partial charge in [-0.15, -0.1) is 0 Å². The maximum atomic E-state index is 13.0. The zero-order valence-electron chi connectivity index (χ0n) is 7.93. The Labute approximate surface area is 81.6 Å². The normalized spacial score (nSPS) is 12.6. The largest absolute Gasteiger partial charge is 0.391 e. The molecule has 1 aromatic carbocycles. The molecule has 4 heteroatoms. The first kappa shape index (κ1) is 10.9. The Kier molecular flexibility index (Phi) is 3.83. The molecule has 1 aromatic rings. The van der Waals surface area contributed by atoms with Gasteiger partial charge in [-0.25, -0.2) is 8.78 Å². The van der Waals surface area contributed by atoms with Gasteiger partial charge >= 0.3 is 0 Å². The highest BCUT2D eigenvalue weighted by Crippen LogP contribution is 2.17. The lowest BCUT2D eigenvalue weighted by molar-refractivity contribution is 0.183. The Morgan fingerprint density at radius 3 is 2.43 bits per heavy atom. The predicted molar refractivity (Wildman–Crippen MR) is 51.1 cm³/mol. The number of aliphatic hydroxyl groups is 1. The number of aliphatic hydroxyl groups excluding tert-OH is 1. The quantitative estimate of drug-likeness (QED) is 0.782. The Morgan fingerprint density at radius 2 is 1.93 bits per heavy atom. The van der Waals surface area contributed by atoms with Crippen LogP contribution in [-0.2, 0) is 0 Å². The SMILES string of the molecule is CCC(O)CNc1c(F)cccc1F. The first-order valence-electron chi connectivity index (χ1n) is 4.51. The van der Waals surface area contributed by atoms with Gasteiger partial charge in [0.2, 0.25) is 0 Å². The van der Waals surface area contributed by atoms with Gasteiger partial charge in [0.25, 0.3) is 0 Å². The maximum Gasteiger partial charge on any atom is 0.149 e. The van der Waals surface area contributed by atoms with E-state index in [1.54, 1.807) is 6.92 Å². The van der Waals surface area contributed by atoms with E-state index in [0.29, 0.717) is 6.42 Å². The van der Waals surface area contributed by atoms with E-state index in [0.717, 1.165) is 0 Å². The van der Waals surface area contributed by atoms with Crippen molar-refractivity contribution >= 4 is 5.69 Å². The molecule has 0 fully saturated rings. The second kappa shape index (κ2) is 4.91. The molecule has 0 saturated heterocycles. The van der Waals surface area contributed by atoms with Gasteiger partial charge in [0, 0.05) is 6.54 Å². The summed E-state index contributed by atoms with van der Waals surface area (Å²) in [6.07, 6.45) is -0.0442. The summed E-state index contributed by atoms with van der Waals surface area (Å²) in [4.78, 5) is 0. The highest BCUT2D eigenvalue weighted by Gasteiger charge is 2.08. The molecule has 0 aliphatic carbocycles. The third-order valence-electron chi connectivity index (χ3n) is 1.95. The predicted octanol–water partition coefficient (Wildman–Crippen LogP) is 2.15. The summed E-state index contributed by atoms with van der Waals surface area (Å²) in [5, 5.41) is 11.7. The van der Waals surface area contributed by atoms with Crippen molar-refractivity contribution in [2.45, 2.75) is 19.4 Å². The van der Waals surface area contributed by atoms with E-state index in [1.165, 1.54) is 18.2 Å². The highest BCUT2D eigenvalue weighted by atomic mass is 19.1. The first-order valence-corrected chi connectivity index (χ1v) is 4.51. The zero-order chi connectivity index (χ0) is 10.6. The summed E-state index contributed by atoms with van der Waals surface area (Å²) < 4.78 is 26.0. The summed E-state index contributed by atoms with van der Waals surface area (Å²) in [6, 6.07) is 3.64. The van der Waals surface area contributed by atoms with Crippen LogP contribution >= 0.6 is 0 Å². The molecule has 1 unspecified atom stereocenters. The van der Waals surface area contributed by atoms with E-state index in [-0.39, 0.29) is 12.2 Å². The topological polar surface area (TPSA) is 32.3 Å². The Morgan fingerprint density at radius 1 is 1.36 bits per heavy atom. The molecule has 0 spiro atoms. The molecule has 0 saturated carbocycles. The molecule has 2 N–H and O–H groups in total. The molecule has 0 aliphatic rings.